The number of carboxylic acid groups (broad SMARTS) is 1. The molecule has 5 heteroatoms. The Morgan fingerprint density at radius 3 is 2.36 bits per heavy atom. The summed E-state index contributed by atoms with van der Waals surface area (Å²) in [6.07, 6.45) is 0. The molecule has 0 saturated carbocycles. The molecule has 0 fully saturated rings. The third-order valence-electron chi connectivity index (χ3n) is 3.14. The number of amides is 1. The highest BCUT2D eigenvalue weighted by Crippen LogP contribution is 2.22. The Labute approximate surface area is 128 Å². The van der Waals surface area contributed by atoms with Gasteiger partial charge in [0, 0.05) is 5.69 Å². The number of benzene rings is 2. The summed E-state index contributed by atoms with van der Waals surface area (Å²) in [7, 11) is 0. The van der Waals surface area contributed by atoms with Crippen LogP contribution in [0.5, 0.6) is 5.75 Å². The molecule has 0 bridgehead atoms. The van der Waals surface area contributed by atoms with Crippen LogP contribution in [0.2, 0.25) is 0 Å². The first-order chi connectivity index (χ1) is 10.5. The van der Waals surface area contributed by atoms with Crippen molar-refractivity contribution in [3.8, 4) is 5.75 Å². The van der Waals surface area contributed by atoms with Crippen molar-refractivity contribution in [3.05, 3.63) is 59.2 Å². The number of aryl methyl sites for hydroxylation is 2. The lowest BCUT2D eigenvalue weighted by Crippen LogP contribution is -2.23. The number of carboxylic acids is 1. The number of hydrogen-bond acceptors (Lipinski definition) is 4. The Morgan fingerprint density at radius 1 is 1.09 bits per heavy atom. The third kappa shape index (κ3) is 3.85. The van der Waals surface area contributed by atoms with Crippen molar-refractivity contribution >= 4 is 17.6 Å². The maximum atomic E-state index is 11.9. The molecular formula is C17H16NO4-. The topological polar surface area (TPSA) is 78.5 Å². The smallest absolute Gasteiger partial charge is 0.262 e. The van der Waals surface area contributed by atoms with Crippen molar-refractivity contribution < 1.29 is 19.4 Å². The normalized spacial score (nSPS) is 10.1. The lowest BCUT2D eigenvalue weighted by molar-refractivity contribution is -0.255. The standard InChI is InChI=1S/C17H17NO4/c1-11-5-3-6-12(2)16(11)22-10-15(19)18-14-8-4-7-13(9-14)17(20)21/h3-9H,10H2,1-2H3,(H,18,19)(H,20,21)/p-1. The fourth-order valence-electron chi connectivity index (χ4n) is 2.09. The van der Waals surface area contributed by atoms with Gasteiger partial charge in [-0.2, -0.15) is 0 Å². The van der Waals surface area contributed by atoms with Crippen LogP contribution in [-0.2, 0) is 4.79 Å². The summed E-state index contributed by atoms with van der Waals surface area (Å²) >= 11 is 0. The van der Waals surface area contributed by atoms with Gasteiger partial charge in [0.1, 0.15) is 5.75 Å². The Hall–Kier alpha value is -2.82. The number of nitrogens with one attached hydrogen (secondary N) is 1. The van der Waals surface area contributed by atoms with Gasteiger partial charge in [-0.25, -0.2) is 0 Å². The van der Waals surface area contributed by atoms with Crippen LogP contribution in [0.1, 0.15) is 21.5 Å². The van der Waals surface area contributed by atoms with Crippen LogP contribution in [0.3, 0.4) is 0 Å². The highest BCUT2D eigenvalue weighted by molar-refractivity contribution is 5.94. The number of para-hydroxylation sites is 1. The zero-order chi connectivity index (χ0) is 16.1. The summed E-state index contributed by atoms with van der Waals surface area (Å²) in [5, 5.41) is 13.4. The van der Waals surface area contributed by atoms with E-state index in [1.54, 1.807) is 6.07 Å². The maximum Gasteiger partial charge on any atom is 0.262 e. The molecule has 2 rings (SSSR count). The molecule has 0 aromatic heterocycles. The predicted octanol–water partition coefficient (Wildman–Crippen LogP) is 1.68. The van der Waals surface area contributed by atoms with Gasteiger partial charge in [0.2, 0.25) is 0 Å². The summed E-state index contributed by atoms with van der Waals surface area (Å²) in [6.45, 7) is 3.66. The van der Waals surface area contributed by atoms with Crippen LogP contribution in [0.15, 0.2) is 42.5 Å². The van der Waals surface area contributed by atoms with Crippen molar-refractivity contribution in [2.24, 2.45) is 0 Å². The van der Waals surface area contributed by atoms with Gasteiger partial charge in [0.25, 0.3) is 5.91 Å². The molecule has 114 valence electrons. The lowest BCUT2D eigenvalue weighted by atomic mass is 10.1. The minimum atomic E-state index is -1.29. The van der Waals surface area contributed by atoms with Crippen LogP contribution < -0.4 is 15.2 Å². The van der Waals surface area contributed by atoms with Crippen molar-refractivity contribution in [1.82, 2.24) is 0 Å². The van der Waals surface area contributed by atoms with Crippen molar-refractivity contribution in [3.63, 3.8) is 0 Å². The average molecular weight is 298 g/mol. The van der Waals surface area contributed by atoms with Gasteiger partial charge >= 0.3 is 0 Å². The van der Waals surface area contributed by atoms with E-state index in [0.717, 1.165) is 11.1 Å². The van der Waals surface area contributed by atoms with Crippen LogP contribution in [0.25, 0.3) is 0 Å². The van der Waals surface area contributed by atoms with E-state index in [0.29, 0.717) is 11.4 Å². The number of hydrogen-bond donors (Lipinski definition) is 1. The molecule has 2 aromatic rings. The SMILES string of the molecule is Cc1cccc(C)c1OCC(=O)Nc1cccc(C(=O)[O-])c1. The van der Waals surface area contributed by atoms with E-state index in [1.165, 1.54) is 18.2 Å². The van der Waals surface area contributed by atoms with E-state index in [9.17, 15) is 14.7 Å². The first-order valence-electron chi connectivity index (χ1n) is 6.77. The first-order valence-corrected chi connectivity index (χ1v) is 6.77. The second-order valence-electron chi connectivity index (χ2n) is 4.93. The number of ether oxygens (including phenoxy) is 1. The van der Waals surface area contributed by atoms with Crippen LogP contribution >= 0.6 is 0 Å². The summed E-state index contributed by atoms with van der Waals surface area (Å²) in [5.74, 6) is -0.970. The zero-order valence-corrected chi connectivity index (χ0v) is 12.4. The molecule has 0 atom stereocenters. The number of carbonyl (C=O) groups excluding carboxylic acids is 2. The molecule has 22 heavy (non-hydrogen) atoms. The van der Waals surface area contributed by atoms with Gasteiger partial charge in [-0.1, -0.05) is 30.3 Å². The molecule has 0 saturated heterocycles. The highest BCUT2D eigenvalue weighted by Gasteiger charge is 2.08. The summed E-state index contributed by atoms with van der Waals surface area (Å²) in [4.78, 5) is 22.7. The minimum Gasteiger partial charge on any atom is -0.545 e. The van der Waals surface area contributed by atoms with Gasteiger partial charge in [-0.05, 0) is 42.7 Å². The average Bonchev–Trinajstić information content (AvgIpc) is 2.47. The summed E-state index contributed by atoms with van der Waals surface area (Å²) in [6, 6.07) is 11.6. The maximum absolute atomic E-state index is 11.9. The largest absolute Gasteiger partial charge is 0.545 e. The molecule has 5 nitrogen and oxygen atoms in total. The summed E-state index contributed by atoms with van der Waals surface area (Å²) in [5.41, 5.74) is 2.30. The molecule has 0 heterocycles. The van der Waals surface area contributed by atoms with Gasteiger partial charge < -0.3 is 20.0 Å². The van der Waals surface area contributed by atoms with E-state index < -0.39 is 5.97 Å². The van der Waals surface area contributed by atoms with E-state index in [2.05, 4.69) is 5.32 Å². The molecule has 1 amide bonds. The fourth-order valence-corrected chi connectivity index (χ4v) is 2.09. The third-order valence-corrected chi connectivity index (χ3v) is 3.14. The Morgan fingerprint density at radius 2 is 1.73 bits per heavy atom. The minimum absolute atomic E-state index is 0.00784. The zero-order valence-electron chi connectivity index (χ0n) is 12.4. The van der Waals surface area contributed by atoms with Crippen molar-refractivity contribution in [2.45, 2.75) is 13.8 Å². The molecular weight excluding hydrogens is 282 g/mol. The van der Waals surface area contributed by atoms with Gasteiger partial charge in [0.15, 0.2) is 6.61 Å². The van der Waals surface area contributed by atoms with Gasteiger partial charge in [-0.3, -0.25) is 4.79 Å². The van der Waals surface area contributed by atoms with Gasteiger partial charge in [-0.15, -0.1) is 0 Å². The molecule has 0 aliphatic rings. The molecule has 0 aliphatic heterocycles. The molecule has 0 spiro atoms. The predicted molar refractivity (Wildman–Crippen MR) is 80.8 cm³/mol. The van der Waals surface area contributed by atoms with Gasteiger partial charge in [0.05, 0.1) is 5.97 Å². The van der Waals surface area contributed by atoms with Crippen LogP contribution in [0, 0.1) is 13.8 Å². The van der Waals surface area contributed by atoms with E-state index in [1.807, 2.05) is 32.0 Å². The fraction of sp³-hybridized carbons (Fsp3) is 0.176. The second-order valence-corrected chi connectivity index (χ2v) is 4.93. The Bertz CT molecular complexity index is 689. The van der Waals surface area contributed by atoms with E-state index >= 15 is 0 Å². The molecule has 0 unspecified atom stereocenters. The number of aromatic carboxylic acids is 1. The lowest BCUT2D eigenvalue weighted by Gasteiger charge is -2.12. The van der Waals surface area contributed by atoms with Crippen LogP contribution in [-0.4, -0.2) is 18.5 Å². The highest BCUT2D eigenvalue weighted by atomic mass is 16.5. The second kappa shape index (κ2) is 6.76. The monoisotopic (exact) mass is 298 g/mol. The number of carbonyl (C=O) groups is 2. The van der Waals surface area contributed by atoms with E-state index in [4.69, 9.17) is 4.74 Å². The van der Waals surface area contributed by atoms with E-state index in [-0.39, 0.29) is 18.1 Å². The van der Waals surface area contributed by atoms with Crippen LogP contribution in [0.4, 0.5) is 5.69 Å². The Kier molecular flexibility index (Phi) is 4.78. The quantitative estimate of drug-likeness (QED) is 0.911. The molecule has 0 aliphatic carbocycles. The Balaban J connectivity index is 1.99. The molecule has 2 aromatic carbocycles. The number of anilines is 1. The number of rotatable bonds is 5. The summed E-state index contributed by atoms with van der Waals surface area (Å²) < 4.78 is 5.54. The van der Waals surface area contributed by atoms with Crippen molar-refractivity contribution in [2.75, 3.05) is 11.9 Å². The molecule has 0 radical (unpaired) electrons. The first kappa shape index (κ1) is 15.6. The van der Waals surface area contributed by atoms with Crippen molar-refractivity contribution in [1.29, 1.82) is 0 Å². The molecule has 1 N–H and O–H groups in total.